The van der Waals surface area contributed by atoms with Gasteiger partial charge in [0.25, 0.3) is 0 Å². The molecule has 1 aromatic rings. The minimum Gasteiger partial charge on any atom is -0.479 e. The Morgan fingerprint density at radius 2 is 2.19 bits per heavy atom. The molecule has 0 amide bonds. The van der Waals surface area contributed by atoms with Gasteiger partial charge in [-0.1, -0.05) is 13.8 Å². The summed E-state index contributed by atoms with van der Waals surface area (Å²) in [7, 11) is 0. The summed E-state index contributed by atoms with van der Waals surface area (Å²) in [5, 5.41) is 8.91. The fourth-order valence-electron chi connectivity index (χ4n) is 1.42. The minimum absolute atomic E-state index is 0.437. The van der Waals surface area contributed by atoms with Gasteiger partial charge in [0.15, 0.2) is 6.10 Å². The molecule has 0 aliphatic heterocycles. The first-order valence-corrected chi connectivity index (χ1v) is 5.44. The van der Waals surface area contributed by atoms with E-state index in [0.717, 1.165) is 17.8 Å². The predicted octanol–water partition coefficient (Wildman–Crippen LogP) is 2.19. The van der Waals surface area contributed by atoms with Gasteiger partial charge in [-0.25, -0.2) is 4.79 Å². The van der Waals surface area contributed by atoms with Gasteiger partial charge in [-0.3, -0.25) is 4.98 Å². The Morgan fingerprint density at radius 3 is 2.69 bits per heavy atom. The number of ether oxygens (including phenoxy) is 1. The molecule has 1 unspecified atom stereocenters. The van der Waals surface area contributed by atoms with Crippen molar-refractivity contribution < 1.29 is 14.6 Å². The second-order valence-electron chi connectivity index (χ2n) is 3.60. The Hall–Kier alpha value is -1.58. The van der Waals surface area contributed by atoms with Crippen LogP contribution in [0.25, 0.3) is 0 Å². The number of aliphatic carboxylic acids is 1. The van der Waals surface area contributed by atoms with Gasteiger partial charge in [0.2, 0.25) is 0 Å². The van der Waals surface area contributed by atoms with Crippen molar-refractivity contribution in [2.24, 2.45) is 0 Å². The van der Waals surface area contributed by atoms with Crippen LogP contribution in [0.2, 0.25) is 0 Å². The van der Waals surface area contributed by atoms with Crippen LogP contribution >= 0.6 is 0 Å². The first kappa shape index (κ1) is 12.5. The van der Waals surface area contributed by atoms with E-state index in [9.17, 15) is 4.79 Å². The highest BCUT2D eigenvalue weighted by Gasteiger charge is 2.18. The van der Waals surface area contributed by atoms with Crippen molar-refractivity contribution in [3.05, 3.63) is 23.5 Å². The van der Waals surface area contributed by atoms with E-state index in [1.54, 1.807) is 13.0 Å². The van der Waals surface area contributed by atoms with Gasteiger partial charge in [0.1, 0.15) is 5.75 Å². The number of pyridine rings is 1. The molecule has 16 heavy (non-hydrogen) atoms. The number of nitrogens with zero attached hydrogens (tertiary/aromatic N) is 1. The number of carbonyl (C=O) groups is 1. The molecule has 0 bridgehead atoms. The highest BCUT2D eigenvalue weighted by atomic mass is 16.5. The van der Waals surface area contributed by atoms with Crippen LogP contribution in [-0.4, -0.2) is 22.2 Å². The Kier molecular flexibility index (Phi) is 4.28. The molecule has 1 N–H and O–H groups in total. The molecule has 1 heterocycles. The maximum absolute atomic E-state index is 10.9. The molecule has 0 spiro atoms. The first-order valence-electron chi connectivity index (χ1n) is 5.44. The maximum Gasteiger partial charge on any atom is 0.344 e. The molecule has 0 radical (unpaired) electrons. The number of aromatic nitrogens is 1. The van der Waals surface area contributed by atoms with E-state index >= 15 is 0 Å². The Labute approximate surface area is 95.3 Å². The number of carboxylic acids is 1. The average Bonchev–Trinajstić information content (AvgIpc) is 2.26. The lowest BCUT2D eigenvalue weighted by Crippen LogP contribution is -2.26. The smallest absolute Gasteiger partial charge is 0.344 e. The third-order valence-electron chi connectivity index (χ3n) is 2.32. The highest BCUT2D eigenvalue weighted by molar-refractivity contribution is 5.72. The third-order valence-corrected chi connectivity index (χ3v) is 2.32. The molecule has 0 saturated heterocycles. The van der Waals surface area contributed by atoms with Gasteiger partial charge in [-0.2, -0.15) is 0 Å². The molecule has 4 heteroatoms. The van der Waals surface area contributed by atoms with Crippen molar-refractivity contribution in [1.82, 2.24) is 4.98 Å². The quantitative estimate of drug-likeness (QED) is 0.831. The molecule has 0 aliphatic carbocycles. The van der Waals surface area contributed by atoms with Crippen molar-refractivity contribution in [2.75, 3.05) is 0 Å². The van der Waals surface area contributed by atoms with Crippen LogP contribution in [0.4, 0.5) is 0 Å². The van der Waals surface area contributed by atoms with Crippen LogP contribution in [0, 0.1) is 6.92 Å². The van der Waals surface area contributed by atoms with Gasteiger partial charge < -0.3 is 9.84 Å². The molecule has 0 fully saturated rings. The highest BCUT2D eigenvalue weighted by Crippen LogP contribution is 2.19. The fraction of sp³-hybridized carbons (Fsp3) is 0.500. The van der Waals surface area contributed by atoms with Crippen LogP contribution < -0.4 is 4.74 Å². The second kappa shape index (κ2) is 5.49. The molecule has 88 valence electrons. The minimum atomic E-state index is -0.940. The SMILES string of the molecule is CCc1nc(C)ccc1OC(CC)C(=O)O. The summed E-state index contributed by atoms with van der Waals surface area (Å²) >= 11 is 0. The predicted molar refractivity (Wildman–Crippen MR) is 60.7 cm³/mol. The Balaban J connectivity index is 2.91. The maximum atomic E-state index is 10.9. The van der Waals surface area contributed by atoms with Crippen molar-refractivity contribution >= 4 is 5.97 Å². The summed E-state index contributed by atoms with van der Waals surface area (Å²) in [5.74, 6) is -0.368. The van der Waals surface area contributed by atoms with Gasteiger partial charge in [-0.15, -0.1) is 0 Å². The van der Waals surface area contributed by atoms with Crippen molar-refractivity contribution in [3.63, 3.8) is 0 Å². The van der Waals surface area contributed by atoms with Crippen LogP contribution in [0.5, 0.6) is 5.75 Å². The van der Waals surface area contributed by atoms with Gasteiger partial charge in [0, 0.05) is 5.69 Å². The van der Waals surface area contributed by atoms with Crippen molar-refractivity contribution in [3.8, 4) is 5.75 Å². The lowest BCUT2D eigenvalue weighted by atomic mass is 10.2. The van der Waals surface area contributed by atoms with Crippen LogP contribution in [-0.2, 0) is 11.2 Å². The molecule has 1 atom stereocenters. The van der Waals surface area contributed by atoms with E-state index < -0.39 is 12.1 Å². The molecule has 0 aromatic carbocycles. The summed E-state index contributed by atoms with van der Waals surface area (Å²) in [6.07, 6.45) is 0.370. The molecular formula is C12H17NO3. The largest absolute Gasteiger partial charge is 0.479 e. The molecule has 0 aliphatic rings. The molecule has 0 saturated carbocycles. The lowest BCUT2D eigenvalue weighted by Gasteiger charge is -2.15. The number of carboxylic acid groups (broad SMARTS) is 1. The van der Waals surface area contributed by atoms with Crippen LogP contribution in [0.15, 0.2) is 12.1 Å². The standard InChI is InChI=1S/C12H17NO3/c1-4-9-11(7-6-8(3)13-9)16-10(5-2)12(14)15/h6-7,10H,4-5H2,1-3H3,(H,14,15). The summed E-state index contributed by atoms with van der Waals surface area (Å²) in [4.78, 5) is 15.2. The van der Waals surface area contributed by atoms with Gasteiger partial charge in [-0.05, 0) is 31.9 Å². The van der Waals surface area contributed by atoms with E-state index in [-0.39, 0.29) is 0 Å². The lowest BCUT2D eigenvalue weighted by molar-refractivity contribution is -0.145. The van der Waals surface area contributed by atoms with Crippen LogP contribution in [0.1, 0.15) is 31.7 Å². The number of aryl methyl sites for hydroxylation is 2. The first-order chi connectivity index (χ1) is 7.58. The normalized spacial score (nSPS) is 12.2. The van der Waals surface area contributed by atoms with E-state index in [4.69, 9.17) is 9.84 Å². The molecule has 4 nitrogen and oxygen atoms in total. The topological polar surface area (TPSA) is 59.4 Å². The Morgan fingerprint density at radius 1 is 1.50 bits per heavy atom. The zero-order chi connectivity index (χ0) is 12.1. The zero-order valence-electron chi connectivity index (χ0n) is 9.86. The number of hydrogen-bond acceptors (Lipinski definition) is 3. The summed E-state index contributed by atoms with van der Waals surface area (Å²) in [6.45, 7) is 5.65. The average molecular weight is 223 g/mol. The van der Waals surface area contributed by atoms with Crippen molar-refractivity contribution in [2.45, 2.75) is 39.7 Å². The third kappa shape index (κ3) is 2.95. The molecular weight excluding hydrogens is 206 g/mol. The van der Waals surface area contributed by atoms with E-state index in [0.29, 0.717) is 12.2 Å². The monoisotopic (exact) mass is 223 g/mol. The molecule has 1 aromatic heterocycles. The summed E-state index contributed by atoms with van der Waals surface area (Å²) < 4.78 is 5.44. The van der Waals surface area contributed by atoms with Crippen molar-refractivity contribution in [1.29, 1.82) is 0 Å². The Bertz CT molecular complexity index is 377. The summed E-state index contributed by atoms with van der Waals surface area (Å²) in [6, 6.07) is 3.61. The van der Waals surface area contributed by atoms with E-state index in [1.807, 2.05) is 19.9 Å². The van der Waals surface area contributed by atoms with Gasteiger partial charge >= 0.3 is 5.97 Å². The molecule has 1 rings (SSSR count). The van der Waals surface area contributed by atoms with Crippen LogP contribution in [0.3, 0.4) is 0 Å². The van der Waals surface area contributed by atoms with E-state index in [1.165, 1.54) is 0 Å². The zero-order valence-corrected chi connectivity index (χ0v) is 9.86. The summed E-state index contributed by atoms with van der Waals surface area (Å²) in [5.41, 5.74) is 1.72. The van der Waals surface area contributed by atoms with E-state index in [2.05, 4.69) is 4.98 Å². The second-order valence-corrected chi connectivity index (χ2v) is 3.60. The fourth-order valence-corrected chi connectivity index (χ4v) is 1.42. The number of hydrogen-bond donors (Lipinski definition) is 1. The van der Waals surface area contributed by atoms with Gasteiger partial charge in [0.05, 0.1) is 5.69 Å². The number of rotatable bonds is 5.